The molecule has 0 saturated heterocycles. The van der Waals surface area contributed by atoms with Gasteiger partial charge in [-0.3, -0.25) is 4.79 Å². The Bertz CT molecular complexity index is 701. The molecule has 0 spiro atoms. The molecule has 0 aliphatic heterocycles. The second-order valence-corrected chi connectivity index (χ2v) is 8.63. The van der Waals surface area contributed by atoms with E-state index in [0.29, 0.717) is 17.6 Å². The smallest absolute Gasteiger partial charge is 0.166 e. The third kappa shape index (κ3) is 4.34. The highest BCUT2D eigenvalue weighted by molar-refractivity contribution is 5.98. The van der Waals surface area contributed by atoms with E-state index < -0.39 is 0 Å². The number of hydrogen-bond donors (Lipinski definition) is 0. The van der Waals surface area contributed by atoms with Crippen LogP contribution in [-0.2, 0) is 0 Å². The average Bonchev–Trinajstić information content (AvgIpc) is 2.76. The van der Waals surface area contributed by atoms with Crippen LogP contribution in [0.1, 0.15) is 74.6 Å². The second-order valence-electron chi connectivity index (χ2n) is 8.63. The first kappa shape index (κ1) is 18.5. The van der Waals surface area contributed by atoms with E-state index >= 15 is 0 Å². The zero-order valence-corrected chi connectivity index (χ0v) is 16.4. The third-order valence-electron chi connectivity index (χ3n) is 6.89. The van der Waals surface area contributed by atoms with Gasteiger partial charge in [0.05, 0.1) is 0 Å². The van der Waals surface area contributed by atoms with Gasteiger partial charge in [0, 0.05) is 11.5 Å². The fourth-order valence-electron chi connectivity index (χ4n) is 5.45. The molecule has 0 N–H and O–H groups in total. The highest BCUT2D eigenvalue weighted by Crippen LogP contribution is 2.41. The summed E-state index contributed by atoms with van der Waals surface area (Å²) < 4.78 is 0. The summed E-state index contributed by atoms with van der Waals surface area (Å²) in [6, 6.07) is 18.8. The van der Waals surface area contributed by atoms with Crippen LogP contribution in [-0.4, -0.2) is 5.78 Å². The number of carbonyl (C=O) groups excluding carboxylic acids is 1. The van der Waals surface area contributed by atoms with Gasteiger partial charge in [-0.1, -0.05) is 93.1 Å². The Hall–Kier alpha value is -1.89. The Kier molecular flexibility index (Phi) is 6.07. The number of rotatable bonds is 5. The van der Waals surface area contributed by atoms with E-state index in [2.05, 4.69) is 48.5 Å². The van der Waals surface area contributed by atoms with E-state index in [1.54, 1.807) is 0 Å². The first-order chi connectivity index (χ1) is 13.3. The van der Waals surface area contributed by atoms with Gasteiger partial charge in [0.15, 0.2) is 5.78 Å². The summed E-state index contributed by atoms with van der Waals surface area (Å²) >= 11 is 0. The topological polar surface area (TPSA) is 17.1 Å². The molecule has 2 aromatic carbocycles. The molecule has 0 amide bonds. The minimum Gasteiger partial charge on any atom is -0.294 e. The highest BCUT2D eigenvalue weighted by atomic mass is 16.1. The number of Topliss-reactive ketones (excluding diaryl/α,β-unsaturated/α-hetero) is 1. The minimum absolute atomic E-state index is 0.258. The molecule has 2 aromatic rings. The number of hydrogen-bond acceptors (Lipinski definition) is 1. The lowest BCUT2D eigenvalue weighted by Crippen LogP contribution is -2.33. The lowest BCUT2D eigenvalue weighted by molar-refractivity contribution is 0.0710. The predicted molar refractivity (Wildman–Crippen MR) is 113 cm³/mol. The zero-order chi connectivity index (χ0) is 18.5. The molecule has 0 unspecified atom stereocenters. The summed E-state index contributed by atoms with van der Waals surface area (Å²) in [6.45, 7) is 0. The van der Waals surface area contributed by atoms with E-state index in [-0.39, 0.29) is 5.92 Å². The third-order valence-corrected chi connectivity index (χ3v) is 6.89. The molecule has 2 fully saturated rings. The summed E-state index contributed by atoms with van der Waals surface area (Å²) in [7, 11) is 0. The fourth-order valence-corrected chi connectivity index (χ4v) is 5.45. The van der Waals surface area contributed by atoms with Gasteiger partial charge in [0.25, 0.3) is 0 Å². The Balaban J connectivity index is 1.56. The lowest BCUT2D eigenvalue weighted by atomic mass is 9.67. The van der Waals surface area contributed by atoms with Crippen LogP contribution in [0.3, 0.4) is 0 Å². The SMILES string of the molecule is O=C(c1ccc(-c2ccccc2)cc1)C(C1CCCCC1)C1CCCCC1. The number of carbonyl (C=O) groups is 1. The van der Waals surface area contributed by atoms with Gasteiger partial charge in [-0.15, -0.1) is 0 Å². The van der Waals surface area contributed by atoms with Gasteiger partial charge < -0.3 is 0 Å². The molecule has 0 aromatic heterocycles. The van der Waals surface area contributed by atoms with Crippen LogP contribution in [0.5, 0.6) is 0 Å². The summed E-state index contributed by atoms with van der Waals surface area (Å²) in [4.78, 5) is 13.6. The van der Waals surface area contributed by atoms with Crippen molar-refractivity contribution >= 4 is 5.78 Å². The molecule has 2 saturated carbocycles. The van der Waals surface area contributed by atoms with Crippen molar-refractivity contribution in [3.63, 3.8) is 0 Å². The Morgan fingerprint density at radius 1 is 0.630 bits per heavy atom. The van der Waals surface area contributed by atoms with Gasteiger partial charge >= 0.3 is 0 Å². The molecule has 1 nitrogen and oxygen atoms in total. The van der Waals surface area contributed by atoms with Gasteiger partial charge in [-0.05, 0) is 48.6 Å². The van der Waals surface area contributed by atoms with Crippen LogP contribution >= 0.6 is 0 Å². The van der Waals surface area contributed by atoms with Gasteiger partial charge in [0.2, 0.25) is 0 Å². The van der Waals surface area contributed by atoms with Crippen molar-refractivity contribution in [3.8, 4) is 11.1 Å². The molecular weight excluding hydrogens is 328 g/mol. The Labute approximate surface area is 164 Å². The Morgan fingerprint density at radius 3 is 1.63 bits per heavy atom. The van der Waals surface area contributed by atoms with E-state index in [9.17, 15) is 4.79 Å². The quantitative estimate of drug-likeness (QED) is 0.511. The van der Waals surface area contributed by atoms with Crippen LogP contribution in [0.4, 0.5) is 0 Å². The van der Waals surface area contributed by atoms with Crippen molar-refractivity contribution in [2.45, 2.75) is 64.2 Å². The van der Waals surface area contributed by atoms with Gasteiger partial charge in [0.1, 0.15) is 0 Å². The standard InChI is InChI=1S/C26H32O/c27-26(24-18-16-21(17-19-24)20-10-4-1-5-11-20)25(22-12-6-2-7-13-22)23-14-8-3-9-15-23/h1,4-5,10-11,16-19,22-23,25H,2-3,6-9,12-15H2. The van der Waals surface area contributed by atoms with E-state index in [4.69, 9.17) is 0 Å². The molecule has 2 aliphatic rings. The molecule has 4 rings (SSSR count). The normalized spacial score (nSPS) is 19.3. The van der Waals surface area contributed by atoms with Gasteiger partial charge in [-0.25, -0.2) is 0 Å². The first-order valence-electron chi connectivity index (χ1n) is 11.0. The van der Waals surface area contributed by atoms with Crippen molar-refractivity contribution in [3.05, 3.63) is 60.2 Å². The predicted octanol–water partition coefficient (Wildman–Crippen LogP) is 7.31. The summed E-state index contributed by atoms with van der Waals surface area (Å²) in [5.74, 6) is 1.91. The summed E-state index contributed by atoms with van der Waals surface area (Å²) in [5, 5.41) is 0. The number of benzene rings is 2. The van der Waals surface area contributed by atoms with Crippen molar-refractivity contribution in [1.82, 2.24) is 0 Å². The lowest BCUT2D eigenvalue weighted by Gasteiger charge is -2.37. The molecular formula is C26H32O. The maximum atomic E-state index is 13.6. The summed E-state index contributed by atoms with van der Waals surface area (Å²) in [6.07, 6.45) is 13.0. The van der Waals surface area contributed by atoms with Crippen LogP contribution in [0.25, 0.3) is 11.1 Å². The molecule has 1 heteroatoms. The average molecular weight is 361 g/mol. The van der Waals surface area contributed by atoms with Crippen molar-refractivity contribution in [1.29, 1.82) is 0 Å². The maximum Gasteiger partial charge on any atom is 0.166 e. The van der Waals surface area contributed by atoms with Gasteiger partial charge in [-0.2, -0.15) is 0 Å². The second kappa shape index (κ2) is 8.87. The monoisotopic (exact) mass is 360 g/mol. The summed E-state index contributed by atoms with van der Waals surface area (Å²) in [5.41, 5.74) is 3.34. The van der Waals surface area contributed by atoms with Crippen LogP contribution in [0.15, 0.2) is 54.6 Å². The molecule has 0 bridgehead atoms. The highest BCUT2D eigenvalue weighted by Gasteiger charge is 2.36. The zero-order valence-electron chi connectivity index (χ0n) is 16.4. The number of ketones is 1. The molecule has 2 aliphatic carbocycles. The maximum absolute atomic E-state index is 13.6. The van der Waals surface area contributed by atoms with Crippen molar-refractivity contribution in [2.75, 3.05) is 0 Å². The van der Waals surface area contributed by atoms with Crippen LogP contribution in [0, 0.1) is 17.8 Å². The first-order valence-corrected chi connectivity index (χ1v) is 11.0. The van der Waals surface area contributed by atoms with E-state index in [1.165, 1.54) is 75.3 Å². The molecule has 0 atom stereocenters. The van der Waals surface area contributed by atoms with E-state index in [0.717, 1.165) is 5.56 Å². The molecule has 27 heavy (non-hydrogen) atoms. The molecule has 142 valence electrons. The molecule has 0 radical (unpaired) electrons. The van der Waals surface area contributed by atoms with Crippen molar-refractivity contribution in [2.24, 2.45) is 17.8 Å². The molecule has 0 heterocycles. The Morgan fingerprint density at radius 2 is 1.11 bits per heavy atom. The largest absolute Gasteiger partial charge is 0.294 e. The van der Waals surface area contributed by atoms with Crippen LogP contribution in [0.2, 0.25) is 0 Å². The van der Waals surface area contributed by atoms with Crippen LogP contribution < -0.4 is 0 Å². The minimum atomic E-state index is 0.258. The van der Waals surface area contributed by atoms with E-state index in [1.807, 2.05) is 6.07 Å². The van der Waals surface area contributed by atoms with Crippen molar-refractivity contribution < 1.29 is 4.79 Å². The fraction of sp³-hybridized carbons (Fsp3) is 0.500.